The number of nitrogens with zero attached hydrogens (tertiary/aromatic N) is 1. The molecule has 2 atom stereocenters. The van der Waals surface area contributed by atoms with Gasteiger partial charge < -0.3 is 10.1 Å². The molecule has 0 amide bonds. The zero-order valence-electron chi connectivity index (χ0n) is 12.4. The summed E-state index contributed by atoms with van der Waals surface area (Å²) in [6.07, 6.45) is 1.34. The van der Waals surface area contributed by atoms with Gasteiger partial charge in [-0.1, -0.05) is 38.1 Å². The van der Waals surface area contributed by atoms with E-state index < -0.39 is 0 Å². The zero-order valence-corrected chi connectivity index (χ0v) is 12.4. The molecule has 1 aliphatic heterocycles. The maximum absolute atomic E-state index is 5.97. The summed E-state index contributed by atoms with van der Waals surface area (Å²) in [5.74, 6) is 0. The predicted octanol–water partition coefficient (Wildman–Crippen LogP) is 2.23. The Kier molecular flexibility index (Phi) is 5.37. The summed E-state index contributed by atoms with van der Waals surface area (Å²) < 4.78 is 5.97. The maximum Gasteiger partial charge on any atom is 0.0896 e. The third kappa shape index (κ3) is 3.35. The third-order valence-corrected chi connectivity index (χ3v) is 4.00. The van der Waals surface area contributed by atoms with E-state index in [2.05, 4.69) is 48.3 Å². The van der Waals surface area contributed by atoms with Gasteiger partial charge in [0, 0.05) is 13.1 Å². The first kappa shape index (κ1) is 14.5. The average Bonchev–Trinajstić information content (AvgIpc) is 2.47. The minimum absolute atomic E-state index is 0.242. The van der Waals surface area contributed by atoms with E-state index in [0.717, 1.165) is 32.7 Å². The number of hydrogen-bond acceptors (Lipinski definition) is 3. The highest BCUT2D eigenvalue weighted by atomic mass is 16.5. The molecule has 2 unspecified atom stereocenters. The summed E-state index contributed by atoms with van der Waals surface area (Å²) in [5.41, 5.74) is 2.77. The van der Waals surface area contributed by atoms with Gasteiger partial charge in [0.1, 0.15) is 0 Å². The fourth-order valence-corrected chi connectivity index (χ4v) is 2.89. The van der Waals surface area contributed by atoms with Crippen molar-refractivity contribution in [3.05, 3.63) is 35.4 Å². The van der Waals surface area contributed by atoms with Gasteiger partial charge >= 0.3 is 0 Å². The molecule has 106 valence electrons. The number of nitrogens with one attached hydrogen (secondary N) is 1. The number of benzene rings is 1. The molecule has 0 bridgehead atoms. The van der Waals surface area contributed by atoms with Crippen molar-refractivity contribution in [2.75, 3.05) is 33.3 Å². The Hall–Kier alpha value is -0.900. The van der Waals surface area contributed by atoms with Crippen molar-refractivity contribution >= 4 is 0 Å². The highest BCUT2D eigenvalue weighted by Crippen LogP contribution is 2.29. The van der Waals surface area contributed by atoms with Crippen molar-refractivity contribution in [3.8, 4) is 0 Å². The number of aryl methyl sites for hydroxylation is 1. The molecule has 0 spiro atoms. The first-order chi connectivity index (χ1) is 9.30. The summed E-state index contributed by atoms with van der Waals surface area (Å²) in [6.45, 7) is 8.26. The Labute approximate surface area is 116 Å². The van der Waals surface area contributed by atoms with Gasteiger partial charge in [-0.25, -0.2) is 0 Å². The fourth-order valence-electron chi connectivity index (χ4n) is 2.89. The van der Waals surface area contributed by atoms with Gasteiger partial charge in [0.2, 0.25) is 0 Å². The molecule has 1 saturated heterocycles. The van der Waals surface area contributed by atoms with Crippen LogP contribution in [0.2, 0.25) is 0 Å². The normalized spacial score (nSPS) is 24.6. The van der Waals surface area contributed by atoms with Crippen LogP contribution in [0.4, 0.5) is 0 Å². The topological polar surface area (TPSA) is 24.5 Å². The second kappa shape index (κ2) is 7.04. The SMILES string of the molecule is CCc1ccc(C2C(CNC)OCCN2CC)cc1. The lowest BCUT2D eigenvalue weighted by Gasteiger charge is -2.41. The zero-order chi connectivity index (χ0) is 13.7. The van der Waals surface area contributed by atoms with Gasteiger partial charge in [0.25, 0.3) is 0 Å². The molecule has 3 nitrogen and oxygen atoms in total. The summed E-state index contributed by atoms with van der Waals surface area (Å²) in [5, 5.41) is 3.25. The van der Waals surface area contributed by atoms with E-state index in [9.17, 15) is 0 Å². The molecule has 1 N–H and O–H groups in total. The van der Waals surface area contributed by atoms with Crippen LogP contribution in [0.3, 0.4) is 0 Å². The number of rotatable bonds is 5. The molecule has 1 aromatic carbocycles. The van der Waals surface area contributed by atoms with Crippen LogP contribution in [-0.2, 0) is 11.2 Å². The number of likely N-dealkylation sites (N-methyl/N-ethyl adjacent to an activating group) is 2. The van der Waals surface area contributed by atoms with Gasteiger partial charge in [0.05, 0.1) is 18.8 Å². The molecule has 3 heteroatoms. The maximum atomic E-state index is 5.97. The highest BCUT2D eigenvalue weighted by molar-refractivity contribution is 5.26. The Balaban J connectivity index is 2.22. The smallest absolute Gasteiger partial charge is 0.0896 e. The summed E-state index contributed by atoms with van der Waals surface area (Å²) in [7, 11) is 1.99. The standard InChI is InChI=1S/C16H26N2O/c1-4-13-6-8-14(9-7-13)16-15(12-17-3)19-11-10-18(16)5-2/h6-9,15-17H,4-5,10-12H2,1-3H3. The molecule has 0 radical (unpaired) electrons. The molecular formula is C16H26N2O. The molecule has 0 aromatic heterocycles. The molecular weight excluding hydrogens is 236 g/mol. The van der Waals surface area contributed by atoms with Crippen molar-refractivity contribution < 1.29 is 4.74 Å². The van der Waals surface area contributed by atoms with Gasteiger partial charge in [-0.15, -0.1) is 0 Å². The average molecular weight is 262 g/mol. The largest absolute Gasteiger partial charge is 0.374 e. The van der Waals surface area contributed by atoms with E-state index in [1.54, 1.807) is 0 Å². The molecule has 2 rings (SSSR count). The second-order valence-corrected chi connectivity index (χ2v) is 5.14. The molecule has 19 heavy (non-hydrogen) atoms. The van der Waals surface area contributed by atoms with Crippen molar-refractivity contribution in [3.63, 3.8) is 0 Å². The van der Waals surface area contributed by atoms with Crippen LogP contribution in [0.5, 0.6) is 0 Å². The molecule has 1 aliphatic rings. The summed E-state index contributed by atoms with van der Waals surface area (Å²) in [4.78, 5) is 2.52. The molecule has 0 aliphatic carbocycles. The lowest BCUT2D eigenvalue weighted by molar-refractivity contribution is -0.0686. The summed E-state index contributed by atoms with van der Waals surface area (Å²) >= 11 is 0. The number of morpholine rings is 1. The van der Waals surface area contributed by atoms with E-state index in [4.69, 9.17) is 4.74 Å². The molecule has 0 saturated carbocycles. The quantitative estimate of drug-likeness (QED) is 0.880. The highest BCUT2D eigenvalue weighted by Gasteiger charge is 2.32. The van der Waals surface area contributed by atoms with E-state index in [-0.39, 0.29) is 6.10 Å². The predicted molar refractivity (Wildman–Crippen MR) is 79.5 cm³/mol. The minimum Gasteiger partial charge on any atom is -0.374 e. The van der Waals surface area contributed by atoms with Crippen LogP contribution >= 0.6 is 0 Å². The van der Waals surface area contributed by atoms with Crippen LogP contribution in [0.15, 0.2) is 24.3 Å². The van der Waals surface area contributed by atoms with Crippen LogP contribution < -0.4 is 5.32 Å². The first-order valence-corrected chi connectivity index (χ1v) is 7.39. The monoisotopic (exact) mass is 262 g/mol. The Bertz CT molecular complexity index is 375. The Morgan fingerprint density at radius 3 is 2.58 bits per heavy atom. The Morgan fingerprint density at radius 1 is 1.26 bits per heavy atom. The van der Waals surface area contributed by atoms with Crippen LogP contribution in [0, 0.1) is 0 Å². The van der Waals surface area contributed by atoms with Gasteiger partial charge in [-0.2, -0.15) is 0 Å². The van der Waals surface area contributed by atoms with Gasteiger partial charge in [-0.05, 0) is 31.1 Å². The Morgan fingerprint density at radius 2 is 2.00 bits per heavy atom. The fraction of sp³-hybridized carbons (Fsp3) is 0.625. The number of ether oxygens (including phenoxy) is 1. The van der Waals surface area contributed by atoms with Crippen LogP contribution in [0.25, 0.3) is 0 Å². The van der Waals surface area contributed by atoms with E-state index in [1.165, 1.54) is 11.1 Å². The first-order valence-electron chi connectivity index (χ1n) is 7.39. The summed E-state index contributed by atoms with van der Waals surface area (Å²) in [6, 6.07) is 9.40. The van der Waals surface area contributed by atoms with E-state index >= 15 is 0 Å². The van der Waals surface area contributed by atoms with Gasteiger partial charge in [0.15, 0.2) is 0 Å². The van der Waals surface area contributed by atoms with Crippen LogP contribution in [-0.4, -0.2) is 44.3 Å². The van der Waals surface area contributed by atoms with Crippen molar-refractivity contribution in [2.45, 2.75) is 32.4 Å². The number of hydrogen-bond donors (Lipinski definition) is 1. The van der Waals surface area contributed by atoms with E-state index in [1.807, 2.05) is 7.05 Å². The molecule has 1 heterocycles. The second-order valence-electron chi connectivity index (χ2n) is 5.14. The van der Waals surface area contributed by atoms with E-state index in [0.29, 0.717) is 6.04 Å². The molecule has 1 aromatic rings. The minimum atomic E-state index is 0.242. The van der Waals surface area contributed by atoms with Crippen molar-refractivity contribution in [2.24, 2.45) is 0 Å². The third-order valence-electron chi connectivity index (χ3n) is 4.00. The lowest BCUT2D eigenvalue weighted by Crippen LogP contribution is -2.48. The lowest BCUT2D eigenvalue weighted by atomic mass is 9.96. The van der Waals surface area contributed by atoms with Crippen LogP contribution in [0.1, 0.15) is 31.0 Å². The van der Waals surface area contributed by atoms with Gasteiger partial charge in [-0.3, -0.25) is 4.90 Å². The molecule has 1 fully saturated rings. The van der Waals surface area contributed by atoms with Crippen molar-refractivity contribution in [1.82, 2.24) is 10.2 Å². The van der Waals surface area contributed by atoms with Crippen molar-refractivity contribution in [1.29, 1.82) is 0 Å².